The third-order valence-corrected chi connectivity index (χ3v) is 7.23. The van der Waals surface area contributed by atoms with Gasteiger partial charge in [-0.1, -0.05) is 0 Å². The fourth-order valence-corrected chi connectivity index (χ4v) is 5.21. The highest BCUT2D eigenvalue weighted by Crippen LogP contribution is 2.31. The third-order valence-electron chi connectivity index (χ3n) is 7.23. The summed E-state index contributed by atoms with van der Waals surface area (Å²) in [6.45, 7) is 3.98. The zero-order chi connectivity index (χ0) is 25.8. The van der Waals surface area contributed by atoms with E-state index >= 15 is 0 Å². The van der Waals surface area contributed by atoms with Crippen molar-refractivity contribution in [1.82, 2.24) is 19.7 Å². The summed E-state index contributed by atoms with van der Waals surface area (Å²) in [4.78, 5) is 19.6. The highest BCUT2D eigenvalue weighted by atomic mass is 16.6. The van der Waals surface area contributed by atoms with E-state index in [0.29, 0.717) is 11.7 Å². The SMILES string of the molecule is [B]Oc1ccc(Nc2ccc(N3CCC(N4CCC(n5cc([N+](=O)[O-])cn5)CC4)CC3)cc2)c(O[B])n1. The van der Waals surface area contributed by atoms with Crippen LogP contribution in [0.5, 0.6) is 11.8 Å². The van der Waals surface area contributed by atoms with Gasteiger partial charge < -0.3 is 24.4 Å². The summed E-state index contributed by atoms with van der Waals surface area (Å²) in [7, 11) is 10.5. The molecular weight excluding hydrogens is 472 g/mol. The van der Waals surface area contributed by atoms with Gasteiger partial charge in [-0.2, -0.15) is 10.1 Å². The van der Waals surface area contributed by atoms with Gasteiger partial charge in [0.2, 0.25) is 5.88 Å². The maximum atomic E-state index is 10.9. The zero-order valence-corrected chi connectivity index (χ0v) is 20.4. The fraction of sp³-hybridized carbons (Fsp3) is 0.417. The smallest absolute Gasteiger partial charge is 0.376 e. The second-order valence-corrected chi connectivity index (χ2v) is 9.33. The molecule has 0 spiro atoms. The van der Waals surface area contributed by atoms with Gasteiger partial charge >= 0.3 is 21.8 Å². The number of anilines is 3. The number of nitrogens with zero attached hydrogens (tertiary/aromatic N) is 6. The average Bonchev–Trinajstić information content (AvgIpc) is 3.45. The van der Waals surface area contributed by atoms with Crippen molar-refractivity contribution < 1.29 is 14.2 Å². The molecule has 2 aliphatic heterocycles. The molecular formula is C24H27B2N7O4. The number of aromatic nitrogens is 3. The standard InChI is InChI=1S/C24H27B2N7O4/c25-36-23-6-5-22(24(29-23)37-26)28-17-1-3-18(4-2-17)30-11-7-19(8-12-30)31-13-9-20(10-14-31)32-16-21(15-27-32)33(34)35/h1-6,15-16,19-20,28H,7-14H2. The molecule has 3 aromatic rings. The van der Waals surface area contributed by atoms with Crippen molar-refractivity contribution in [3.8, 4) is 11.8 Å². The molecule has 4 heterocycles. The first kappa shape index (κ1) is 24.9. The summed E-state index contributed by atoms with van der Waals surface area (Å²) in [6.07, 6.45) is 7.02. The Morgan fingerprint density at radius 3 is 2.27 bits per heavy atom. The van der Waals surface area contributed by atoms with Crippen molar-refractivity contribution >= 4 is 38.8 Å². The lowest BCUT2D eigenvalue weighted by Gasteiger charge is -2.42. The van der Waals surface area contributed by atoms with Crippen LogP contribution in [0.3, 0.4) is 0 Å². The van der Waals surface area contributed by atoms with Crippen LogP contribution in [0.2, 0.25) is 0 Å². The predicted molar refractivity (Wildman–Crippen MR) is 141 cm³/mol. The molecule has 0 amide bonds. The molecule has 0 aliphatic carbocycles. The first-order valence-corrected chi connectivity index (χ1v) is 12.3. The lowest BCUT2D eigenvalue weighted by Crippen LogP contribution is -2.48. The predicted octanol–water partition coefficient (Wildman–Crippen LogP) is 3.16. The van der Waals surface area contributed by atoms with E-state index in [2.05, 4.69) is 42.0 Å². The molecule has 2 aliphatic rings. The first-order valence-electron chi connectivity index (χ1n) is 12.3. The van der Waals surface area contributed by atoms with E-state index in [4.69, 9.17) is 20.8 Å². The maximum absolute atomic E-state index is 10.9. The number of pyridine rings is 1. The molecule has 5 rings (SSSR count). The van der Waals surface area contributed by atoms with Crippen LogP contribution in [-0.2, 0) is 0 Å². The topological polar surface area (TPSA) is 111 Å². The third kappa shape index (κ3) is 5.66. The van der Waals surface area contributed by atoms with Crippen LogP contribution < -0.4 is 19.5 Å². The van der Waals surface area contributed by atoms with Gasteiger partial charge in [0.15, 0.2) is 5.88 Å². The molecule has 2 aromatic heterocycles. The Bertz CT molecular complexity index is 1210. The monoisotopic (exact) mass is 499 g/mol. The van der Waals surface area contributed by atoms with Crippen molar-refractivity contribution in [2.75, 3.05) is 36.4 Å². The van der Waals surface area contributed by atoms with E-state index < -0.39 is 4.92 Å². The minimum atomic E-state index is -0.391. The molecule has 13 heteroatoms. The van der Waals surface area contributed by atoms with Gasteiger partial charge in [-0.15, -0.1) is 0 Å². The lowest BCUT2D eigenvalue weighted by atomic mass is 9.97. The van der Waals surface area contributed by atoms with Crippen molar-refractivity contribution in [2.24, 2.45) is 0 Å². The van der Waals surface area contributed by atoms with Crippen LogP contribution >= 0.6 is 0 Å². The minimum absolute atomic E-state index is 0.0567. The minimum Gasteiger partial charge on any atom is -0.555 e. The van der Waals surface area contributed by atoms with Gasteiger partial charge in [-0.25, -0.2) is 0 Å². The average molecular weight is 499 g/mol. The second-order valence-electron chi connectivity index (χ2n) is 9.33. The molecule has 1 aromatic carbocycles. The summed E-state index contributed by atoms with van der Waals surface area (Å²) in [5, 5.41) is 18.4. The summed E-state index contributed by atoms with van der Waals surface area (Å²) >= 11 is 0. The highest BCUT2D eigenvalue weighted by molar-refractivity contribution is 6.01. The number of nitro groups is 1. The van der Waals surface area contributed by atoms with Crippen LogP contribution in [0.15, 0.2) is 48.8 Å². The van der Waals surface area contributed by atoms with Gasteiger partial charge in [0.25, 0.3) is 0 Å². The van der Waals surface area contributed by atoms with Gasteiger partial charge in [0, 0.05) is 49.7 Å². The molecule has 188 valence electrons. The number of rotatable bonds is 8. The van der Waals surface area contributed by atoms with E-state index in [0.717, 1.165) is 57.5 Å². The molecule has 4 radical (unpaired) electrons. The van der Waals surface area contributed by atoms with Gasteiger partial charge in [0.05, 0.1) is 11.0 Å². The van der Waals surface area contributed by atoms with Crippen LogP contribution in [0.4, 0.5) is 22.7 Å². The molecule has 2 saturated heterocycles. The summed E-state index contributed by atoms with van der Waals surface area (Å²) in [5.74, 6) is 0.391. The van der Waals surface area contributed by atoms with Crippen LogP contribution in [-0.4, -0.2) is 72.9 Å². The molecule has 1 N–H and O–H groups in total. The zero-order valence-electron chi connectivity index (χ0n) is 20.4. The second kappa shape index (κ2) is 11.1. The summed E-state index contributed by atoms with van der Waals surface area (Å²) < 4.78 is 11.2. The lowest BCUT2D eigenvalue weighted by molar-refractivity contribution is -0.385. The van der Waals surface area contributed by atoms with Gasteiger partial charge in [-0.05, 0) is 56.0 Å². The molecule has 11 nitrogen and oxygen atoms in total. The van der Waals surface area contributed by atoms with Crippen molar-refractivity contribution in [2.45, 2.75) is 37.8 Å². The van der Waals surface area contributed by atoms with E-state index in [1.807, 2.05) is 12.1 Å². The summed E-state index contributed by atoms with van der Waals surface area (Å²) in [6, 6.07) is 12.4. The van der Waals surface area contributed by atoms with E-state index in [1.54, 1.807) is 23.0 Å². The van der Waals surface area contributed by atoms with Crippen molar-refractivity contribution in [3.63, 3.8) is 0 Å². The first-order chi connectivity index (χ1) is 18.0. The Kier molecular flexibility index (Phi) is 7.50. The van der Waals surface area contributed by atoms with Crippen LogP contribution in [0, 0.1) is 10.1 Å². The van der Waals surface area contributed by atoms with E-state index in [9.17, 15) is 10.1 Å². The molecule has 0 bridgehead atoms. The molecule has 2 fully saturated rings. The molecule has 0 unspecified atom stereocenters. The quantitative estimate of drug-likeness (QED) is 0.284. The van der Waals surface area contributed by atoms with Gasteiger partial charge in [0.1, 0.15) is 18.1 Å². The van der Waals surface area contributed by atoms with Crippen molar-refractivity contribution in [3.05, 3.63) is 58.9 Å². The number of piperidine rings is 2. The number of benzene rings is 1. The maximum Gasteiger partial charge on any atom is 0.376 e. The number of likely N-dealkylation sites (tertiary alicyclic amines) is 1. The Morgan fingerprint density at radius 2 is 1.65 bits per heavy atom. The number of hydrogen-bond donors (Lipinski definition) is 1. The Balaban J connectivity index is 1.11. The number of nitrogens with one attached hydrogen (secondary N) is 1. The molecule has 37 heavy (non-hydrogen) atoms. The highest BCUT2D eigenvalue weighted by Gasteiger charge is 2.29. The van der Waals surface area contributed by atoms with E-state index in [1.165, 1.54) is 11.9 Å². The fourth-order valence-electron chi connectivity index (χ4n) is 5.21. The molecule has 0 saturated carbocycles. The normalized spacial score (nSPS) is 17.5. The molecule has 0 atom stereocenters. The van der Waals surface area contributed by atoms with E-state index in [-0.39, 0.29) is 23.5 Å². The Hall–Kier alpha value is -3.73. The van der Waals surface area contributed by atoms with Gasteiger partial charge in [-0.3, -0.25) is 14.8 Å². The largest absolute Gasteiger partial charge is 0.555 e. The Morgan fingerprint density at radius 1 is 0.946 bits per heavy atom. The number of hydrogen-bond acceptors (Lipinski definition) is 9. The van der Waals surface area contributed by atoms with Crippen LogP contribution in [0.25, 0.3) is 0 Å². The summed E-state index contributed by atoms with van der Waals surface area (Å²) in [5.41, 5.74) is 2.72. The van der Waals surface area contributed by atoms with Crippen LogP contribution in [0.1, 0.15) is 31.7 Å². The van der Waals surface area contributed by atoms with Crippen molar-refractivity contribution in [1.29, 1.82) is 0 Å². The Labute approximate surface area is 217 Å².